The fraction of sp³-hybridized carbons (Fsp3) is 0.350. The van der Waals surface area contributed by atoms with Gasteiger partial charge in [0.2, 0.25) is 0 Å². The highest BCUT2D eigenvalue weighted by molar-refractivity contribution is 7.80. The van der Waals surface area contributed by atoms with E-state index in [9.17, 15) is 0 Å². The lowest BCUT2D eigenvalue weighted by molar-refractivity contribution is 0.207. The summed E-state index contributed by atoms with van der Waals surface area (Å²) in [4.78, 5) is 0.257. The molecule has 0 amide bonds. The fourth-order valence-corrected chi connectivity index (χ4v) is 2.94. The quantitative estimate of drug-likeness (QED) is 0.517. The summed E-state index contributed by atoms with van der Waals surface area (Å²) in [5.41, 5.74) is 9.82. The van der Waals surface area contributed by atoms with Crippen molar-refractivity contribution in [3.63, 3.8) is 0 Å². The molecule has 2 rings (SSSR count). The van der Waals surface area contributed by atoms with Crippen LogP contribution in [0.2, 0.25) is 5.02 Å². The van der Waals surface area contributed by atoms with E-state index in [1.54, 1.807) is 12.1 Å². The summed E-state index contributed by atoms with van der Waals surface area (Å²) in [6.07, 6.45) is 0. The van der Waals surface area contributed by atoms with E-state index in [0.29, 0.717) is 41.9 Å². The first-order valence-corrected chi connectivity index (χ1v) is 9.21. The minimum atomic E-state index is 0.257. The predicted octanol–water partition coefficient (Wildman–Crippen LogP) is 4.76. The molecule has 0 aliphatic rings. The summed E-state index contributed by atoms with van der Waals surface area (Å²) < 4.78 is 17.3. The Hall–Kier alpha value is -1.98. The van der Waals surface area contributed by atoms with Crippen LogP contribution in [0.25, 0.3) is 0 Å². The van der Waals surface area contributed by atoms with E-state index >= 15 is 0 Å². The van der Waals surface area contributed by atoms with Crippen molar-refractivity contribution in [3.8, 4) is 17.2 Å². The van der Waals surface area contributed by atoms with Crippen LogP contribution >= 0.6 is 23.8 Å². The number of rotatable bonds is 8. The molecule has 0 aliphatic heterocycles. The van der Waals surface area contributed by atoms with Gasteiger partial charge in [0.05, 0.1) is 11.6 Å². The van der Waals surface area contributed by atoms with Crippen LogP contribution in [0.1, 0.15) is 29.2 Å². The molecule has 0 saturated heterocycles. The third kappa shape index (κ3) is 5.02. The molecule has 4 nitrogen and oxygen atoms in total. The molecular formula is C20H24ClNO3S. The first kappa shape index (κ1) is 20.3. The number of nitrogens with two attached hydrogens (primary N) is 1. The summed E-state index contributed by atoms with van der Waals surface area (Å²) in [5.74, 6) is 1.85. The van der Waals surface area contributed by atoms with E-state index in [1.165, 1.54) is 11.1 Å². The number of benzene rings is 2. The lowest BCUT2D eigenvalue weighted by Crippen LogP contribution is -2.13. The molecule has 0 aliphatic carbocycles. The Morgan fingerprint density at radius 1 is 1.00 bits per heavy atom. The Bertz CT molecular complexity index is 808. The van der Waals surface area contributed by atoms with E-state index in [1.807, 2.05) is 26.8 Å². The maximum absolute atomic E-state index is 6.32. The normalized spacial score (nSPS) is 10.5. The van der Waals surface area contributed by atoms with Gasteiger partial charge in [0, 0.05) is 5.56 Å². The Kier molecular flexibility index (Phi) is 7.12. The zero-order valence-electron chi connectivity index (χ0n) is 15.5. The first-order chi connectivity index (χ1) is 12.3. The van der Waals surface area contributed by atoms with Crippen molar-refractivity contribution < 1.29 is 14.2 Å². The monoisotopic (exact) mass is 393 g/mol. The van der Waals surface area contributed by atoms with Crippen molar-refractivity contribution in [2.75, 3.05) is 19.8 Å². The van der Waals surface area contributed by atoms with Gasteiger partial charge in [-0.1, -0.05) is 29.9 Å². The van der Waals surface area contributed by atoms with Gasteiger partial charge in [0.15, 0.2) is 11.5 Å². The topological polar surface area (TPSA) is 53.7 Å². The Labute approximate surface area is 165 Å². The summed E-state index contributed by atoms with van der Waals surface area (Å²) in [6, 6.07) is 7.58. The first-order valence-electron chi connectivity index (χ1n) is 8.43. The van der Waals surface area contributed by atoms with Gasteiger partial charge in [-0.3, -0.25) is 0 Å². The van der Waals surface area contributed by atoms with E-state index in [-0.39, 0.29) is 4.99 Å². The molecule has 0 saturated carbocycles. The third-order valence-electron chi connectivity index (χ3n) is 3.95. The van der Waals surface area contributed by atoms with Crippen LogP contribution in [0, 0.1) is 20.8 Å². The molecule has 0 radical (unpaired) electrons. The molecule has 2 aromatic carbocycles. The second kappa shape index (κ2) is 9.10. The Morgan fingerprint density at radius 3 is 2.35 bits per heavy atom. The summed E-state index contributed by atoms with van der Waals surface area (Å²) in [7, 11) is 0. The van der Waals surface area contributed by atoms with Gasteiger partial charge in [-0.25, -0.2) is 0 Å². The van der Waals surface area contributed by atoms with Crippen molar-refractivity contribution in [3.05, 3.63) is 51.5 Å². The van der Waals surface area contributed by atoms with Gasteiger partial charge in [0.1, 0.15) is 24.0 Å². The van der Waals surface area contributed by atoms with Gasteiger partial charge < -0.3 is 19.9 Å². The average molecular weight is 394 g/mol. The minimum Gasteiger partial charge on any atom is -0.490 e. The lowest BCUT2D eigenvalue weighted by Gasteiger charge is -2.16. The second-order valence-corrected chi connectivity index (χ2v) is 6.83. The number of ether oxygens (including phenoxy) is 3. The van der Waals surface area contributed by atoms with Crippen LogP contribution in [0.5, 0.6) is 17.2 Å². The van der Waals surface area contributed by atoms with Crippen molar-refractivity contribution >= 4 is 28.8 Å². The van der Waals surface area contributed by atoms with Gasteiger partial charge in [0.25, 0.3) is 0 Å². The number of thiocarbonyl (C=S) groups is 1. The van der Waals surface area contributed by atoms with E-state index < -0.39 is 0 Å². The lowest BCUT2D eigenvalue weighted by atomic mass is 10.1. The zero-order chi connectivity index (χ0) is 19.3. The second-order valence-electron chi connectivity index (χ2n) is 5.98. The van der Waals surface area contributed by atoms with Crippen molar-refractivity contribution in [2.24, 2.45) is 5.73 Å². The molecular weight excluding hydrogens is 370 g/mol. The molecule has 0 fully saturated rings. The van der Waals surface area contributed by atoms with Gasteiger partial charge in [-0.05, 0) is 62.6 Å². The predicted molar refractivity (Wildman–Crippen MR) is 110 cm³/mol. The molecule has 140 valence electrons. The van der Waals surface area contributed by atoms with E-state index in [0.717, 1.165) is 11.3 Å². The van der Waals surface area contributed by atoms with Crippen LogP contribution in [0.3, 0.4) is 0 Å². The molecule has 0 bridgehead atoms. The number of hydrogen-bond acceptors (Lipinski definition) is 4. The van der Waals surface area contributed by atoms with E-state index in [4.69, 9.17) is 43.8 Å². The molecule has 26 heavy (non-hydrogen) atoms. The number of hydrogen-bond donors (Lipinski definition) is 1. The van der Waals surface area contributed by atoms with Crippen molar-refractivity contribution in [1.29, 1.82) is 0 Å². The molecule has 2 N–H and O–H groups in total. The van der Waals surface area contributed by atoms with Crippen molar-refractivity contribution in [1.82, 2.24) is 0 Å². The van der Waals surface area contributed by atoms with E-state index in [2.05, 4.69) is 13.0 Å². The highest BCUT2D eigenvalue weighted by atomic mass is 35.5. The average Bonchev–Trinajstić information content (AvgIpc) is 2.57. The maximum Gasteiger partial charge on any atom is 0.179 e. The molecule has 2 aromatic rings. The standard InChI is InChI=1S/C20H24ClNO3S/c1-5-23-18-11-15(20(22)26)10-16(21)19(18)25-7-6-24-17-9-12(2)8-13(3)14(17)4/h8-11H,5-7H2,1-4H3,(H2,22,26). The molecule has 0 aromatic heterocycles. The zero-order valence-corrected chi connectivity index (χ0v) is 17.1. The van der Waals surface area contributed by atoms with Gasteiger partial charge >= 0.3 is 0 Å². The van der Waals surface area contributed by atoms with Crippen LogP contribution in [-0.4, -0.2) is 24.8 Å². The van der Waals surface area contributed by atoms with Crippen LogP contribution in [-0.2, 0) is 0 Å². The SMILES string of the molecule is CCOc1cc(C(N)=S)cc(Cl)c1OCCOc1cc(C)cc(C)c1C. The largest absolute Gasteiger partial charge is 0.490 e. The Morgan fingerprint density at radius 2 is 1.69 bits per heavy atom. The smallest absolute Gasteiger partial charge is 0.179 e. The van der Waals surface area contributed by atoms with Crippen LogP contribution < -0.4 is 19.9 Å². The summed E-state index contributed by atoms with van der Waals surface area (Å²) >= 11 is 11.3. The highest BCUT2D eigenvalue weighted by Crippen LogP contribution is 2.36. The van der Waals surface area contributed by atoms with Gasteiger partial charge in [-0.2, -0.15) is 0 Å². The van der Waals surface area contributed by atoms with Crippen LogP contribution in [0.15, 0.2) is 24.3 Å². The molecule has 6 heteroatoms. The van der Waals surface area contributed by atoms with Crippen molar-refractivity contribution in [2.45, 2.75) is 27.7 Å². The van der Waals surface area contributed by atoms with Gasteiger partial charge in [-0.15, -0.1) is 0 Å². The summed E-state index contributed by atoms with van der Waals surface area (Å²) in [5, 5.41) is 0.404. The number of aryl methyl sites for hydroxylation is 2. The maximum atomic E-state index is 6.32. The Balaban J connectivity index is 2.06. The number of halogens is 1. The molecule has 0 unspecified atom stereocenters. The molecule has 0 atom stereocenters. The minimum absolute atomic E-state index is 0.257. The summed E-state index contributed by atoms with van der Waals surface area (Å²) in [6.45, 7) is 9.25. The highest BCUT2D eigenvalue weighted by Gasteiger charge is 2.14. The molecule has 0 spiro atoms. The molecule has 0 heterocycles. The van der Waals surface area contributed by atoms with Crippen LogP contribution in [0.4, 0.5) is 0 Å². The fourth-order valence-electron chi connectivity index (χ4n) is 2.56. The third-order valence-corrected chi connectivity index (χ3v) is 4.46.